The van der Waals surface area contributed by atoms with Gasteiger partial charge in [0.25, 0.3) is 0 Å². The van der Waals surface area contributed by atoms with Crippen molar-refractivity contribution in [1.29, 1.82) is 0 Å². The number of hydrogen-bond acceptors (Lipinski definition) is 4. The van der Waals surface area contributed by atoms with Gasteiger partial charge >= 0.3 is 5.91 Å². The Labute approximate surface area is 120 Å². The van der Waals surface area contributed by atoms with Gasteiger partial charge in [0, 0.05) is 30.1 Å². The van der Waals surface area contributed by atoms with Gasteiger partial charge in [-0.15, -0.1) is 4.53 Å². The minimum absolute atomic E-state index is 0.0359. The number of carbonyl (C=O) groups excluding carboxylic acids is 1. The van der Waals surface area contributed by atoms with Crippen LogP contribution in [0.15, 0.2) is 54.0 Å². The molecule has 0 atom stereocenters. The molecule has 0 aromatic carbocycles. The number of hydrogen-bond donors (Lipinski definition) is 1. The molecule has 2 heterocycles. The molecule has 2 aromatic heterocycles. The molecule has 0 bridgehead atoms. The summed E-state index contributed by atoms with van der Waals surface area (Å²) in [4.78, 5) is 15.7. The van der Waals surface area contributed by atoms with Crippen molar-refractivity contribution >= 4 is 23.9 Å². The highest BCUT2D eigenvalue weighted by Crippen LogP contribution is 2.10. The van der Waals surface area contributed by atoms with Gasteiger partial charge in [0.15, 0.2) is 12.4 Å². The number of halogens is 1. The van der Waals surface area contributed by atoms with E-state index in [0.717, 1.165) is 0 Å². The Balaban J connectivity index is 1.99. The van der Waals surface area contributed by atoms with E-state index in [-0.39, 0.29) is 18.0 Å². The Kier molecular flexibility index (Phi) is 4.62. The molecule has 1 N–H and O–H groups in total. The van der Waals surface area contributed by atoms with Crippen molar-refractivity contribution in [1.82, 2.24) is 9.51 Å². The monoisotopic (exact) mass is 291 g/mol. The molecule has 2 rings (SSSR count). The summed E-state index contributed by atoms with van der Waals surface area (Å²) in [5.74, 6) is -0.444. The van der Waals surface area contributed by atoms with Crippen molar-refractivity contribution in [3.05, 3.63) is 54.6 Å². The van der Waals surface area contributed by atoms with Gasteiger partial charge in [-0.3, -0.25) is 9.78 Å². The number of pyridine rings is 2. The average molecular weight is 292 g/mol. The summed E-state index contributed by atoms with van der Waals surface area (Å²) in [5.41, 5.74) is 0.235. The highest BCUT2D eigenvalue weighted by atomic mass is 35.5. The quantitative estimate of drug-likeness (QED) is 0.397. The van der Waals surface area contributed by atoms with E-state index in [0.29, 0.717) is 4.53 Å². The van der Waals surface area contributed by atoms with Crippen LogP contribution < -0.4 is 4.57 Å². The molecule has 0 aliphatic rings. The second-order valence-electron chi connectivity index (χ2n) is 3.85. The maximum Gasteiger partial charge on any atom is 0.323 e. The average Bonchev–Trinajstić information content (AvgIpc) is 2.47. The zero-order chi connectivity index (χ0) is 14.4. The minimum atomic E-state index is -0.408. The molecule has 0 fully saturated rings. The lowest BCUT2D eigenvalue weighted by molar-refractivity contribution is -0.685. The number of nitrogens with zero attached hydrogens (tertiary/aromatic N) is 4. The van der Waals surface area contributed by atoms with Crippen LogP contribution in [-0.4, -0.2) is 26.7 Å². The fraction of sp³-hybridized carbons (Fsp3) is 0.0769. The van der Waals surface area contributed by atoms with E-state index in [1.807, 2.05) is 6.07 Å². The smallest absolute Gasteiger partial charge is 0.323 e. The van der Waals surface area contributed by atoms with Crippen LogP contribution in [0.1, 0.15) is 5.69 Å². The summed E-state index contributed by atoms with van der Waals surface area (Å²) in [6.45, 7) is 0.0654. The molecule has 7 heteroatoms. The highest BCUT2D eigenvalue weighted by molar-refractivity contribution is 6.21. The van der Waals surface area contributed by atoms with Crippen LogP contribution in [0.5, 0.6) is 5.75 Å². The van der Waals surface area contributed by atoms with Gasteiger partial charge < -0.3 is 5.11 Å². The molecule has 2 aromatic rings. The lowest BCUT2D eigenvalue weighted by Gasteiger charge is -2.04. The predicted octanol–water partition coefficient (Wildman–Crippen LogP) is 1.09. The molecule has 0 radical (unpaired) electrons. The molecule has 0 unspecified atom stereocenters. The van der Waals surface area contributed by atoms with Gasteiger partial charge in [-0.2, -0.15) is 9.67 Å². The number of amides is 1. The second kappa shape index (κ2) is 6.63. The molecule has 6 nitrogen and oxygen atoms in total. The van der Waals surface area contributed by atoms with Gasteiger partial charge in [-0.05, 0) is 12.1 Å². The number of carbonyl (C=O) groups is 1. The van der Waals surface area contributed by atoms with Crippen LogP contribution >= 0.6 is 11.8 Å². The molecular weight excluding hydrogens is 280 g/mol. The van der Waals surface area contributed by atoms with Gasteiger partial charge in [0.2, 0.25) is 6.54 Å². The Bertz CT molecular complexity index is 619. The van der Waals surface area contributed by atoms with Crippen molar-refractivity contribution in [2.75, 3.05) is 0 Å². The van der Waals surface area contributed by atoms with Crippen LogP contribution in [0.25, 0.3) is 0 Å². The molecule has 102 valence electrons. The van der Waals surface area contributed by atoms with Crippen molar-refractivity contribution < 1.29 is 14.5 Å². The van der Waals surface area contributed by atoms with E-state index < -0.39 is 5.91 Å². The first-order chi connectivity index (χ1) is 9.66. The van der Waals surface area contributed by atoms with Crippen LogP contribution in [0.3, 0.4) is 0 Å². The molecule has 0 spiro atoms. The van der Waals surface area contributed by atoms with Crippen molar-refractivity contribution in [3.63, 3.8) is 0 Å². The standard InChI is InChI=1S/C13H11ClN4O2/c14-18(13(20)10-17-7-2-1-3-8-17)16-9-11-12(19)5-4-6-15-11/h1-9H,10H2/p+1. The topological polar surface area (TPSA) is 69.7 Å². The Hall–Kier alpha value is -2.47. The predicted molar refractivity (Wildman–Crippen MR) is 72.8 cm³/mol. The number of hydrazone groups is 1. The third kappa shape index (κ3) is 3.76. The second-order valence-corrected chi connectivity index (χ2v) is 4.17. The van der Waals surface area contributed by atoms with E-state index in [1.165, 1.54) is 18.5 Å². The molecule has 1 amide bonds. The summed E-state index contributed by atoms with van der Waals surface area (Å²) in [7, 11) is 0. The summed E-state index contributed by atoms with van der Waals surface area (Å²) < 4.78 is 2.36. The lowest BCUT2D eigenvalue weighted by Crippen LogP contribution is -2.40. The van der Waals surface area contributed by atoms with Crippen LogP contribution in [-0.2, 0) is 11.3 Å². The van der Waals surface area contributed by atoms with E-state index in [4.69, 9.17) is 11.8 Å². The van der Waals surface area contributed by atoms with Gasteiger partial charge in [0.05, 0.1) is 6.21 Å². The Morgan fingerprint density at radius 3 is 2.85 bits per heavy atom. The van der Waals surface area contributed by atoms with E-state index in [1.54, 1.807) is 35.2 Å². The molecular formula is C13H12ClN4O2+. The molecule has 20 heavy (non-hydrogen) atoms. The van der Waals surface area contributed by atoms with Crippen LogP contribution in [0.4, 0.5) is 0 Å². The van der Waals surface area contributed by atoms with Gasteiger partial charge in [-0.25, -0.2) is 0 Å². The number of rotatable bonds is 4. The van der Waals surface area contributed by atoms with Gasteiger partial charge in [-0.1, -0.05) is 6.07 Å². The summed E-state index contributed by atoms with van der Waals surface area (Å²) >= 11 is 5.75. The van der Waals surface area contributed by atoms with Crippen molar-refractivity contribution in [2.24, 2.45) is 5.10 Å². The first-order valence-electron chi connectivity index (χ1n) is 5.77. The third-order valence-electron chi connectivity index (χ3n) is 2.40. The fourth-order valence-corrected chi connectivity index (χ4v) is 1.53. The van der Waals surface area contributed by atoms with E-state index in [9.17, 15) is 9.90 Å². The molecule has 0 aliphatic carbocycles. The third-order valence-corrected chi connectivity index (χ3v) is 2.67. The summed E-state index contributed by atoms with van der Waals surface area (Å²) in [6.07, 6.45) is 6.21. The molecule has 0 saturated heterocycles. The summed E-state index contributed by atoms with van der Waals surface area (Å²) in [5, 5.41) is 13.2. The minimum Gasteiger partial charge on any atom is -0.506 e. The zero-order valence-corrected chi connectivity index (χ0v) is 11.2. The fourth-order valence-electron chi connectivity index (χ4n) is 1.43. The number of aromatic hydroxyl groups is 1. The van der Waals surface area contributed by atoms with E-state index >= 15 is 0 Å². The molecule has 0 saturated carbocycles. The maximum absolute atomic E-state index is 11.8. The maximum atomic E-state index is 11.8. The van der Waals surface area contributed by atoms with E-state index in [2.05, 4.69) is 10.1 Å². The van der Waals surface area contributed by atoms with Crippen LogP contribution in [0.2, 0.25) is 0 Å². The first-order valence-corrected chi connectivity index (χ1v) is 6.11. The Morgan fingerprint density at radius 1 is 1.40 bits per heavy atom. The number of aromatic nitrogens is 2. The van der Waals surface area contributed by atoms with Crippen LogP contribution in [0, 0.1) is 0 Å². The highest BCUT2D eigenvalue weighted by Gasteiger charge is 2.15. The first kappa shape index (κ1) is 14.0. The largest absolute Gasteiger partial charge is 0.506 e. The lowest BCUT2D eigenvalue weighted by atomic mass is 10.3. The molecule has 0 aliphatic heterocycles. The summed E-state index contributed by atoms with van der Waals surface area (Å²) in [6, 6.07) is 8.51. The Morgan fingerprint density at radius 2 is 2.15 bits per heavy atom. The van der Waals surface area contributed by atoms with Crippen molar-refractivity contribution in [2.45, 2.75) is 6.54 Å². The zero-order valence-electron chi connectivity index (χ0n) is 10.4. The normalized spacial score (nSPS) is 10.7. The SMILES string of the molecule is O=C(C[n+]1ccccc1)N(Cl)N=Cc1ncccc1O. The van der Waals surface area contributed by atoms with Gasteiger partial charge in [0.1, 0.15) is 11.4 Å². The van der Waals surface area contributed by atoms with Crippen molar-refractivity contribution in [3.8, 4) is 5.75 Å².